The minimum absolute atomic E-state index is 0.0523. The van der Waals surface area contributed by atoms with Gasteiger partial charge in [0.05, 0.1) is 18.6 Å². The molecule has 118 valence electrons. The Kier molecular flexibility index (Phi) is 5.74. The average Bonchev–Trinajstić information content (AvgIpc) is 2.77. The van der Waals surface area contributed by atoms with Gasteiger partial charge in [0.15, 0.2) is 0 Å². The van der Waals surface area contributed by atoms with Gasteiger partial charge in [0, 0.05) is 28.4 Å². The van der Waals surface area contributed by atoms with Gasteiger partial charge in [-0.3, -0.25) is 4.79 Å². The number of rotatable bonds is 6. The van der Waals surface area contributed by atoms with Crippen LogP contribution in [0.5, 0.6) is 0 Å². The number of carbonyl (C=O) groups is 1. The molecule has 2 rings (SSSR count). The maximum atomic E-state index is 11.9. The lowest BCUT2D eigenvalue weighted by atomic mass is 10.3. The molecule has 0 spiro atoms. The molecule has 6 heteroatoms. The highest BCUT2D eigenvalue weighted by molar-refractivity contribution is 9.10. The van der Waals surface area contributed by atoms with Crippen LogP contribution in [0.2, 0.25) is 0 Å². The number of hydrogen-bond acceptors (Lipinski definition) is 3. The first kappa shape index (κ1) is 16.7. The zero-order chi connectivity index (χ0) is 16.1. The van der Waals surface area contributed by atoms with E-state index in [2.05, 4.69) is 50.0 Å². The van der Waals surface area contributed by atoms with Crippen molar-refractivity contribution in [3.05, 3.63) is 46.5 Å². The van der Waals surface area contributed by atoms with Crippen LogP contribution in [0.3, 0.4) is 0 Å². The number of imidazole rings is 1. The molecule has 0 radical (unpaired) electrons. The molecule has 0 saturated heterocycles. The molecular weight excluding hydrogens is 344 g/mol. The van der Waals surface area contributed by atoms with Crippen molar-refractivity contribution in [1.29, 1.82) is 0 Å². The van der Waals surface area contributed by atoms with Crippen LogP contribution in [-0.4, -0.2) is 28.0 Å². The highest BCUT2D eigenvalue weighted by Crippen LogP contribution is 2.15. The summed E-state index contributed by atoms with van der Waals surface area (Å²) in [7, 11) is 0. The highest BCUT2D eigenvalue weighted by Gasteiger charge is 2.09. The molecule has 1 aromatic heterocycles. The van der Waals surface area contributed by atoms with Crippen LogP contribution in [0.1, 0.15) is 18.3 Å². The first-order valence-electron chi connectivity index (χ1n) is 7.23. The van der Waals surface area contributed by atoms with E-state index in [4.69, 9.17) is 0 Å². The topological polar surface area (TPSA) is 59.0 Å². The second-order valence-electron chi connectivity index (χ2n) is 5.41. The van der Waals surface area contributed by atoms with Gasteiger partial charge in [0.2, 0.25) is 5.91 Å². The van der Waals surface area contributed by atoms with Crippen LogP contribution in [-0.2, 0) is 11.3 Å². The second kappa shape index (κ2) is 7.56. The van der Waals surface area contributed by atoms with Crippen LogP contribution >= 0.6 is 15.9 Å². The maximum absolute atomic E-state index is 11.9. The van der Waals surface area contributed by atoms with Gasteiger partial charge in [-0.05, 0) is 39.0 Å². The van der Waals surface area contributed by atoms with Crippen molar-refractivity contribution < 1.29 is 4.79 Å². The molecule has 0 bridgehead atoms. The first-order chi connectivity index (χ1) is 10.5. The normalized spacial score (nSPS) is 12.2. The van der Waals surface area contributed by atoms with E-state index >= 15 is 0 Å². The van der Waals surface area contributed by atoms with Crippen LogP contribution in [0.25, 0.3) is 0 Å². The number of aryl methyl sites for hydroxylation is 1. The minimum Gasteiger partial charge on any atom is -0.333 e. The fourth-order valence-electron chi connectivity index (χ4n) is 2.13. The third kappa shape index (κ3) is 4.68. The summed E-state index contributed by atoms with van der Waals surface area (Å²) in [5.41, 5.74) is 2.99. The van der Waals surface area contributed by atoms with E-state index in [9.17, 15) is 4.79 Å². The summed E-state index contributed by atoms with van der Waals surface area (Å²) in [6, 6.07) is 7.73. The molecule has 0 fully saturated rings. The van der Waals surface area contributed by atoms with Crippen molar-refractivity contribution in [3.63, 3.8) is 0 Å². The van der Waals surface area contributed by atoms with E-state index in [1.54, 1.807) is 0 Å². The Balaban J connectivity index is 1.79. The van der Waals surface area contributed by atoms with E-state index < -0.39 is 0 Å². The Hall–Kier alpha value is -1.66. The number of benzene rings is 1. The van der Waals surface area contributed by atoms with Crippen LogP contribution in [0.4, 0.5) is 5.69 Å². The van der Waals surface area contributed by atoms with Gasteiger partial charge in [0.25, 0.3) is 0 Å². The molecule has 5 nitrogen and oxygen atoms in total. The lowest BCUT2D eigenvalue weighted by Crippen LogP contribution is -2.36. The summed E-state index contributed by atoms with van der Waals surface area (Å²) in [5, 5.41) is 6.10. The molecule has 0 unspecified atom stereocenters. The number of anilines is 1. The number of nitrogens with zero attached hydrogens (tertiary/aromatic N) is 2. The molecule has 1 atom stereocenters. The Labute approximate surface area is 139 Å². The number of carbonyl (C=O) groups excluding carboxylic acids is 1. The summed E-state index contributed by atoms with van der Waals surface area (Å²) in [5.74, 6) is -0.0523. The van der Waals surface area contributed by atoms with Crippen LogP contribution < -0.4 is 10.6 Å². The standard InChI is InChI=1S/C16H21BrN4O/c1-11(9-21-10-19-12(2)13(21)3)18-8-16(22)20-15-6-4-5-14(17)7-15/h4-7,10-11,18H,8-9H2,1-3H3,(H,20,22)/t11-/m0/s1. The van der Waals surface area contributed by atoms with Gasteiger partial charge in [-0.25, -0.2) is 4.98 Å². The molecule has 0 aliphatic rings. The van der Waals surface area contributed by atoms with Crippen molar-refractivity contribution in [2.24, 2.45) is 0 Å². The monoisotopic (exact) mass is 364 g/mol. The number of hydrogen-bond donors (Lipinski definition) is 2. The average molecular weight is 365 g/mol. The Morgan fingerprint density at radius 1 is 1.41 bits per heavy atom. The van der Waals surface area contributed by atoms with Crippen molar-refractivity contribution in [1.82, 2.24) is 14.9 Å². The number of aromatic nitrogens is 2. The molecule has 2 aromatic rings. The summed E-state index contributed by atoms with van der Waals surface area (Å²) in [6.07, 6.45) is 1.84. The molecule has 22 heavy (non-hydrogen) atoms. The maximum Gasteiger partial charge on any atom is 0.238 e. The van der Waals surface area contributed by atoms with E-state index in [0.29, 0.717) is 0 Å². The number of nitrogens with one attached hydrogen (secondary N) is 2. The summed E-state index contributed by atoms with van der Waals surface area (Å²) in [4.78, 5) is 16.2. The second-order valence-corrected chi connectivity index (χ2v) is 6.32. The van der Waals surface area contributed by atoms with Crippen molar-refractivity contribution in [2.45, 2.75) is 33.4 Å². The molecule has 0 saturated carbocycles. The van der Waals surface area contributed by atoms with Crippen molar-refractivity contribution in [3.8, 4) is 0 Å². The molecule has 1 heterocycles. The van der Waals surface area contributed by atoms with E-state index in [0.717, 1.165) is 28.1 Å². The van der Waals surface area contributed by atoms with Crippen LogP contribution in [0.15, 0.2) is 35.1 Å². The molecule has 0 aliphatic heterocycles. The third-order valence-electron chi connectivity index (χ3n) is 3.54. The predicted molar refractivity (Wildman–Crippen MR) is 91.9 cm³/mol. The first-order valence-corrected chi connectivity index (χ1v) is 8.02. The summed E-state index contributed by atoms with van der Waals surface area (Å²) >= 11 is 3.38. The van der Waals surface area contributed by atoms with Crippen molar-refractivity contribution in [2.75, 3.05) is 11.9 Å². The van der Waals surface area contributed by atoms with Gasteiger partial charge in [-0.15, -0.1) is 0 Å². The summed E-state index contributed by atoms with van der Waals surface area (Å²) in [6.45, 7) is 7.17. The summed E-state index contributed by atoms with van der Waals surface area (Å²) < 4.78 is 3.04. The smallest absolute Gasteiger partial charge is 0.238 e. The molecular formula is C16H21BrN4O. The van der Waals surface area contributed by atoms with E-state index in [1.807, 2.05) is 37.5 Å². The molecule has 2 N–H and O–H groups in total. The lowest BCUT2D eigenvalue weighted by molar-refractivity contribution is -0.115. The lowest BCUT2D eigenvalue weighted by Gasteiger charge is -2.15. The van der Waals surface area contributed by atoms with Gasteiger partial charge >= 0.3 is 0 Å². The van der Waals surface area contributed by atoms with Gasteiger partial charge in [-0.1, -0.05) is 22.0 Å². The molecule has 1 aromatic carbocycles. The quantitative estimate of drug-likeness (QED) is 0.828. The van der Waals surface area contributed by atoms with Gasteiger partial charge < -0.3 is 15.2 Å². The zero-order valence-electron chi connectivity index (χ0n) is 13.1. The minimum atomic E-state index is -0.0523. The highest BCUT2D eigenvalue weighted by atomic mass is 79.9. The Bertz CT molecular complexity index is 653. The van der Waals surface area contributed by atoms with Crippen molar-refractivity contribution >= 4 is 27.5 Å². The number of amides is 1. The largest absolute Gasteiger partial charge is 0.333 e. The Morgan fingerprint density at radius 2 is 2.18 bits per heavy atom. The SMILES string of the molecule is Cc1ncn(C[C@H](C)NCC(=O)Nc2cccc(Br)c2)c1C. The van der Waals surface area contributed by atoms with E-state index in [1.165, 1.54) is 0 Å². The fraction of sp³-hybridized carbons (Fsp3) is 0.375. The van der Waals surface area contributed by atoms with Crippen LogP contribution in [0, 0.1) is 13.8 Å². The van der Waals surface area contributed by atoms with E-state index in [-0.39, 0.29) is 18.5 Å². The predicted octanol–water partition coefficient (Wildman–Crippen LogP) is 2.88. The molecule has 0 aliphatic carbocycles. The number of halogens is 1. The third-order valence-corrected chi connectivity index (χ3v) is 4.03. The fourth-order valence-corrected chi connectivity index (χ4v) is 2.53. The van der Waals surface area contributed by atoms with Gasteiger partial charge in [0.1, 0.15) is 0 Å². The van der Waals surface area contributed by atoms with Gasteiger partial charge in [-0.2, -0.15) is 0 Å². The Morgan fingerprint density at radius 3 is 2.82 bits per heavy atom. The zero-order valence-corrected chi connectivity index (χ0v) is 14.6. The molecule has 1 amide bonds.